The molecule has 1 aliphatic carbocycles. The molecule has 0 radical (unpaired) electrons. The third kappa shape index (κ3) is 7.23. The van der Waals surface area contributed by atoms with Gasteiger partial charge in [0.15, 0.2) is 0 Å². The first-order chi connectivity index (χ1) is 13.9. The Bertz CT molecular complexity index is 643. The number of allylic oxidation sites excluding steroid dienone is 2. The van der Waals surface area contributed by atoms with E-state index in [-0.39, 0.29) is 24.7 Å². The van der Waals surface area contributed by atoms with Crippen LogP contribution in [0.3, 0.4) is 0 Å². The highest BCUT2D eigenvalue weighted by Crippen LogP contribution is 2.44. The smallest absolute Gasteiger partial charge is 0.303 e. The Kier molecular flexibility index (Phi) is 9.82. The van der Waals surface area contributed by atoms with E-state index >= 15 is 0 Å². The van der Waals surface area contributed by atoms with E-state index in [9.17, 15) is 19.4 Å². The van der Waals surface area contributed by atoms with E-state index in [0.717, 1.165) is 36.8 Å². The molecular formula is C24H35FO4. The maximum Gasteiger partial charge on any atom is 0.303 e. The van der Waals surface area contributed by atoms with Crippen molar-refractivity contribution >= 4 is 5.97 Å². The Morgan fingerprint density at radius 3 is 2.59 bits per heavy atom. The van der Waals surface area contributed by atoms with E-state index in [4.69, 9.17) is 5.11 Å². The average molecular weight is 407 g/mol. The van der Waals surface area contributed by atoms with E-state index in [2.05, 4.69) is 6.92 Å². The highest BCUT2D eigenvalue weighted by atomic mass is 19.1. The molecule has 1 fully saturated rings. The maximum atomic E-state index is 14.5. The highest BCUT2D eigenvalue weighted by Gasteiger charge is 2.42. The van der Waals surface area contributed by atoms with Gasteiger partial charge in [0.1, 0.15) is 6.17 Å². The van der Waals surface area contributed by atoms with Crippen molar-refractivity contribution < 1.29 is 24.5 Å². The summed E-state index contributed by atoms with van der Waals surface area (Å²) in [5.74, 6) is -1.36. The van der Waals surface area contributed by atoms with Crippen molar-refractivity contribution in [1.82, 2.24) is 0 Å². The number of carboxylic acid groups (broad SMARTS) is 1. The maximum absolute atomic E-state index is 14.5. The van der Waals surface area contributed by atoms with E-state index in [1.165, 1.54) is 0 Å². The molecule has 3 unspecified atom stereocenters. The summed E-state index contributed by atoms with van der Waals surface area (Å²) in [6.45, 7) is 2.13. The van der Waals surface area contributed by atoms with Crippen LogP contribution < -0.4 is 0 Å². The Morgan fingerprint density at radius 1 is 1.21 bits per heavy atom. The lowest BCUT2D eigenvalue weighted by Gasteiger charge is -2.23. The summed E-state index contributed by atoms with van der Waals surface area (Å²) in [6.07, 6.45) is 7.56. The third-order valence-corrected chi connectivity index (χ3v) is 5.93. The van der Waals surface area contributed by atoms with Gasteiger partial charge < -0.3 is 15.3 Å². The zero-order valence-corrected chi connectivity index (χ0v) is 17.3. The second kappa shape index (κ2) is 12.1. The first kappa shape index (κ1) is 23.6. The predicted molar refractivity (Wildman–Crippen MR) is 113 cm³/mol. The van der Waals surface area contributed by atoms with Crippen LogP contribution in [0.25, 0.3) is 0 Å². The molecule has 5 atom stereocenters. The molecule has 1 aliphatic rings. The number of unbranched alkanes of at least 4 members (excludes halogenated alkanes) is 3. The van der Waals surface area contributed by atoms with Gasteiger partial charge in [0.2, 0.25) is 0 Å². The second-order valence-corrected chi connectivity index (χ2v) is 8.18. The van der Waals surface area contributed by atoms with Crippen molar-refractivity contribution in [3.8, 4) is 0 Å². The average Bonchev–Trinajstić information content (AvgIpc) is 2.97. The summed E-state index contributed by atoms with van der Waals surface area (Å²) in [7, 11) is 0. The van der Waals surface area contributed by atoms with Crippen molar-refractivity contribution in [3.05, 3.63) is 47.5 Å². The van der Waals surface area contributed by atoms with E-state index in [1.807, 2.05) is 36.4 Å². The number of carbonyl (C=O) groups is 1. The first-order valence-corrected chi connectivity index (χ1v) is 10.9. The Balaban J connectivity index is 1.96. The van der Waals surface area contributed by atoms with Crippen LogP contribution in [0.4, 0.5) is 4.39 Å². The molecule has 1 aromatic rings. The number of benzene rings is 1. The van der Waals surface area contributed by atoms with Crippen molar-refractivity contribution in [2.45, 2.75) is 89.0 Å². The van der Waals surface area contributed by atoms with Gasteiger partial charge in [-0.25, -0.2) is 4.39 Å². The Morgan fingerprint density at radius 2 is 1.93 bits per heavy atom. The molecule has 0 spiro atoms. The molecule has 0 saturated heterocycles. The first-order valence-electron chi connectivity index (χ1n) is 10.9. The fraction of sp³-hybridized carbons (Fsp3) is 0.625. The summed E-state index contributed by atoms with van der Waals surface area (Å²) < 4.78 is 14.5. The van der Waals surface area contributed by atoms with Crippen LogP contribution in [0, 0.1) is 5.92 Å². The molecule has 1 saturated carbocycles. The van der Waals surface area contributed by atoms with Crippen LogP contribution in [0.15, 0.2) is 36.4 Å². The van der Waals surface area contributed by atoms with Crippen molar-refractivity contribution in [3.63, 3.8) is 0 Å². The van der Waals surface area contributed by atoms with Crippen LogP contribution in [0.2, 0.25) is 0 Å². The Hall–Kier alpha value is -1.72. The molecule has 0 bridgehead atoms. The number of alkyl halides is 1. The van der Waals surface area contributed by atoms with Crippen LogP contribution >= 0.6 is 0 Å². The van der Waals surface area contributed by atoms with Gasteiger partial charge >= 0.3 is 5.97 Å². The topological polar surface area (TPSA) is 77.8 Å². The zero-order chi connectivity index (χ0) is 21.2. The number of carboxylic acids is 1. The quantitative estimate of drug-likeness (QED) is 0.325. The van der Waals surface area contributed by atoms with Gasteiger partial charge in [-0.15, -0.1) is 0 Å². The lowest BCUT2D eigenvalue weighted by molar-refractivity contribution is -0.137. The van der Waals surface area contributed by atoms with E-state index < -0.39 is 24.3 Å². The number of aliphatic carboxylic acids is 1. The number of rotatable bonds is 12. The lowest BCUT2D eigenvalue weighted by Crippen LogP contribution is -2.18. The van der Waals surface area contributed by atoms with Gasteiger partial charge in [-0.3, -0.25) is 4.79 Å². The molecule has 0 amide bonds. The largest absolute Gasteiger partial charge is 0.481 e. The van der Waals surface area contributed by atoms with Crippen LogP contribution in [-0.4, -0.2) is 33.6 Å². The number of aliphatic hydroxyl groups is 2. The summed E-state index contributed by atoms with van der Waals surface area (Å²) in [5.41, 5.74) is 1.77. The molecule has 3 N–H and O–H groups in total. The molecule has 0 aliphatic heterocycles. The SMILES string of the molecule is CCCCCC(O)c1ccc(C2[C@@H](C/C=C\CCCC(=O)O)C(F)C[C@H]2O)cc1. The molecule has 0 heterocycles. The zero-order valence-electron chi connectivity index (χ0n) is 17.3. The van der Waals surface area contributed by atoms with Gasteiger partial charge in [0.05, 0.1) is 12.2 Å². The van der Waals surface area contributed by atoms with Gasteiger partial charge in [-0.05, 0) is 36.8 Å². The summed E-state index contributed by atoms with van der Waals surface area (Å²) in [4.78, 5) is 10.5. The minimum Gasteiger partial charge on any atom is -0.481 e. The van der Waals surface area contributed by atoms with Crippen molar-refractivity contribution in [2.75, 3.05) is 0 Å². The van der Waals surface area contributed by atoms with Crippen LogP contribution in [0.1, 0.15) is 87.9 Å². The molecule has 2 rings (SSSR count). The van der Waals surface area contributed by atoms with E-state index in [1.54, 1.807) is 0 Å². The minimum absolute atomic E-state index is 0.136. The number of hydrogen-bond acceptors (Lipinski definition) is 3. The van der Waals surface area contributed by atoms with E-state index in [0.29, 0.717) is 19.3 Å². The van der Waals surface area contributed by atoms with Gasteiger partial charge in [0.25, 0.3) is 0 Å². The molecule has 0 aromatic heterocycles. The number of halogens is 1. The lowest BCUT2D eigenvalue weighted by atomic mass is 9.84. The third-order valence-electron chi connectivity index (χ3n) is 5.93. The molecular weight excluding hydrogens is 371 g/mol. The fourth-order valence-corrected chi connectivity index (χ4v) is 4.26. The minimum atomic E-state index is -1.06. The highest BCUT2D eigenvalue weighted by molar-refractivity contribution is 5.66. The molecule has 4 nitrogen and oxygen atoms in total. The molecule has 1 aromatic carbocycles. The molecule has 162 valence electrons. The van der Waals surface area contributed by atoms with Crippen LogP contribution in [0.5, 0.6) is 0 Å². The Labute approximate surface area is 173 Å². The van der Waals surface area contributed by atoms with Crippen molar-refractivity contribution in [1.29, 1.82) is 0 Å². The molecule has 29 heavy (non-hydrogen) atoms. The summed E-state index contributed by atoms with van der Waals surface area (Å²) in [6, 6.07) is 7.60. The van der Waals surface area contributed by atoms with Gasteiger partial charge in [-0.1, -0.05) is 62.6 Å². The summed E-state index contributed by atoms with van der Waals surface area (Å²) in [5, 5.41) is 29.4. The predicted octanol–water partition coefficient (Wildman–Crippen LogP) is 5.30. The number of hydrogen-bond donors (Lipinski definition) is 3. The molecule has 5 heteroatoms. The van der Waals surface area contributed by atoms with Crippen LogP contribution in [-0.2, 0) is 4.79 Å². The van der Waals surface area contributed by atoms with Crippen molar-refractivity contribution in [2.24, 2.45) is 5.92 Å². The normalized spacial score (nSPS) is 25.5. The standard InChI is InChI=1S/C24H35FO4/c1-2-3-6-10-21(26)17-12-14-18(15-13-17)24-19(20(25)16-22(24)27)9-7-4-5-8-11-23(28)29/h4,7,12-15,19-22,24,26-27H,2-3,5-6,8-11,16H2,1H3,(H,28,29)/b7-4-/t19-,20?,21?,22+,24?/m0/s1. The number of aliphatic hydroxyl groups excluding tert-OH is 2. The van der Waals surface area contributed by atoms with Gasteiger partial charge in [0, 0.05) is 24.7 Å². The fourth-order valence-electron chi connectivity index (χ4n) is 4.26. The van der Waals surface area contributed by atoms with Gasteiger partial charge in [-0.2, -0.15) is 0 Å². The second-order valence-electron chi connectivity index (χ2n) is 8.18. The summed E-state index contributed by atoms with van der Waals surface area (Å²) >= 11 is 0. The monoisotopic (exact) mass is 406 g/mol.